The average Bonchev–Trinajstić information content (AvgIpc) is 3.02. The summed E-state index contributed by atoms with van der Waals surface area (Å²) in [7, 11) is 1.72. The van der Waals surface area contributed by atoms with Gasteiger partial charge in [0.1, 0.15) is 5.75 Å². The van der Waals surface area contributed by atoms with Gasteiger partial charge in [0.15, 0.2) is 5.16 Å². The predicted molar refractivity (Wildman–Crippen MR) is 105 cm³/mol. The molecule has 2 heterocycles. The van der Waals surface area contributed by atoms with Crippen LogP contribution in [0, 0.1) is 12.8 Å². The number of aromatic nitrogens is 3. The maximum atomic E-state index is 5.51. The Bertz CT molecular complexity index is 726. The Morgan fingerprint density at radius 2 is 2.00 bits per heavy atom. The van der Waals surface area contributed by atoms with Crippen LogP contribution in [0.15, 0.2) is 23.4 Å². The molecule has 0 unspecified atom stereocenters. The highest BCUT2D eigenvalue weighted by molar-refractivity contribution is 7.98. The second kappa shape index (κ2) is 8.77. The summed E-state index contributed by atoms with van der Waals surface area (Å²) in [5.41, 5.74) is 2.42. The molecule has 1 aromatic carbocycles. The first-order valence-corrected chi connectivity index (χ1v) is 10.1. The number of hydrogen-bond acceptors (Lipinski definition) is 6. The highest BCUT2D eigenvalue weighted by Crippen LogP contribution is 2.30. The molecule has 0 spiro atoms. The monoisotopic (exact) mass is 376 g/mol. The van der Waals surface area contributed by atoms with Crippen molar-refractivity contribution in [1.82, 2.24) is 14.8 Å². The number of hydrogen-bond donors (Lipinski definition) is 0. The first-order chi connectivity index (χ1) is 12.6. The number of benzene rings is 1. The Morgan fingerprint density at radius 1 is 1.23 bits per heavy atom. The first kappa shape index (κ1) is 19.0. The van der Waals surface area contributed by atoms with Crippen LogP contribution < -0.4 is 9.64 Å². The fourth-order valence-corrected chi connectivity index (χ4v) is 3.99. The van der Waals surface area contributed by atoms with E-state index in [1.165, 1.54) is 11.1 Å². The Kier molecular flexibility index (Phi) is 6.43. The van der Waals surface area contributed by atoms with Gasteiger partial charge in [-0.2, -0.15) is 0 Å². The summed E-state index contributed by atoms with van der Waals surface area (Å²) in [6, 6.07) is 6.28. The van der Waals surface area contributed by atoms with E-state index in [-0.39, 0.29) is 0 Å². The van der Waals surface area contributed by atoms with Crippen molar-refractivity contribution >= 4 is 17.7 Å². The van der Waals surface area contributed by atoms with Gasteiger partial charge in [0, 0.05) is 31.0 Å². The number of rotatable bonds is 7. The molecule has 1 saturated heterocycles. The Balaban J connectivity index is 1.81. The fraction of sp³-hybridized carbons (Fsp3) is 0.579. The van der Waals surface area contributed by atoms with E-state index in [2.05, 4.69) is 52.6 Å². The number of nitrogens with zero attached hydrogens (tertiary/aromatic N) is 4. The molecule has 142 valence electrons. The van der Waals surface area contributed by atoms with Crippen molar-refractivity contribution < 1.29 is 9.47 Å². The average molecular weight is 377 g/mol. The van der Waals surface area contributed by atoms with Gasteiger partial charge in [0.2, 0.25) is 5.95 Å². The Morgan fingerprint density at radius 3 is 2.69 bits per heavy atom. The van der Waals surface area contributed by atoms with E-state index in [0.29, 0.717) is 5.92 Å². The molecule has 7 heteroatoms. The lowest BCUT2D eigenvalue weighted by molar-refractivity contribution is 0.121. The number of morpholine rings is 1. The summed E-state index contributed by atoms with van der Waals surface area (Å²) < 4.78 is 13.2. The molecule has 0 bridgehead atoms. The molecule has 6 nitrogen and oxygen atoms in total. The van der Waals surface area contributed by atoms with Crippen LogP contribution >= 0.6 is 11.8 Å². The zero-order valence-electron chi connectivity index (χ0n) is 16.1. The number of aryl methyl sites for hydroxylation is 1. The molecular formula is C19H28N4O2S. The van der Waals surface area contributed by atoms with Gasteiger partial charge >= 0.3 is 0 Å². The van der Waals surface area contributed by atoms with Crippen molar-refractivity contribution in [2.75, 3.05) is 38.3 Å². The van der Waals surface area contributed by atoms with E-state index in [1.807, 2.05) is 6.07 Å². The van der Waals surface area contributed by atoms with Gasteiger partial charge in [-0.1, -0.05) is 43.3 Å². The van der Waals surface area contributed by atoms with Crippen LogP contribution in [0.5, 0.6) is 5.75 Å². The van der Waals surface area contributed by atoms with Crippen molar-refractivity contribution in [3.8, 4) is 5.75 Å². The summed E-state index contributed by atoms with van der Waals surface area (Å²) >= 11 is 1.72. The molecule has 0 amide bonds. The zero-order chi connectivity index (χ0) is 18.5. The number of ether oxygens (including phenoxy) is 2. The van der Waals surface area contributed by atoms with Crippen molar-refractivity contribution in [3.63, 3.8) is 0 Å². The zero-order valence-corrected chi connectivity index (χ0v) is 16.9. The van der Waals surface area contributed by atoms with Gasteiger partial charge in [0.05, 0.1) is 20.3 Å². The van der Waals surface area contributed by atoms with Gasteiger partial charge in [-0.05, 0) is 18.9 Å². The number of thioether (sulfide) groups is 1. The van der Waals surface area contributed by atoms with E-state index in [9.17, 15) is 0 Å². The van der Waals surface area contributed by atoms with E-state index in [1.54, 1.807) is 18.9 Å². The van der Waals surface area contributed by atoms with Crippen LogP contribution in [0.25, 0.3) is 0 Å². The van der Waals surface area contributed by atoms with Crippen molar-refractivity contribution in [1.29, 1.82) is 0 Å². The molecule has 1 aliphatic heterocycles. The first-order valence-electron chi connectivity index (χ1n) is 9.10. The lowest BCUT2D eigenvalue weighted by Gasteiger charge is -2.28. The van der Waals surface area contributed by atoms with Gasteiger partial charge in [0.25, 0.3) is 0 Å². The third-order valence-corrected chi connectivity index (χ3v) is 5.35. The highest BCUT2D eigenvalue weighted by atomic mass is 32.2. The summed E-state index contributed by atoms with van der Waals surface area (Å²) in [6.45, 7) is 10.7. The maximum Gasteiger partial charge on any atom is 0.228 e. The van der Waals surface area contributed by atoms with Gasteiger partial charge in [-0.15, -0.1) is 10.2 Å². The molecule has 0 aliphatic carbocycles. The van der Waals surface area contributed by atoms with Gasteiger partial charge < -0.3 is 14.4 Å². The predicted octanol–water partition coefficient (Wildman–Crippen LogP) is 3.38. The molecule has 26 heavy (non-hydrogen) atoms. The van der Waals surface area contributed by atoms with E-state index >= 15 is 0 Å². The number of anilines is 1. The van der Waals surface area contributed by atoms with E-state index < -0.39 is 0 Å². The minimum Gasteiger partial charge on any atom is -0.496 e. The number of methoxy groups -OCH3 is 1. The minimum atomic E-state index is 0.527. The van der Waals surface area contributed by atoms with Gasteiger partial charge in [-0.3, -0.25) is 4.57 Å². The molecule has 0 N–H and O–H groups in total. The third kappa shape index (κ3) is 4.51. The lowest BCUT2D eigenvalue weighted by Crippen LogP contribution is -2.38. The topological polar surface area (TPSA) is 52.4 Å². The molecule has 0 radical (unpaired) electrons. The summed E-state index contributed by atoms with van der Waals surface area (Å²) in [6.07, 6.45) is 0. The summed E-state index contributed by atoms with van der Waals surface area (Å²) in [4.78, 5) is 2.27. The normalized spacial score (nSPS) is 14.9. The molecule has 1 aliphatic rings. The standard InChI is InChI=1S/C19H28N4O2S/c1-14(2)12-23-18(22-7-9-25-10-8-22)20-21-19(23)26-13-16-11-15(3)5-6-17(16)24-4/h5-6,11,14H,7-10,12-13H2,1-4H3. The molecule has 0 atom stereocenters. The second-order valence-electron chi connectivity index (χ2n) is 6.99. The van der Waals surface area contributed by atoms with Crippen LogP contribution in [-0.4, -0.2) is 48.2 Å². The summed E-state index contributed by atoms with van der Waals surface area (Å²) in [5, 5.41) is 9.95. The second-order valence-corrected chi connectivity index (χ2v) is 7.93. The molecular weight excluding hydrogens is 348 g/mol. The summed E-state index contributed by atoms with van der Waals surface area (Å²) in [5.74, 6) is 3.22. The van der Waals surface area contributed by atoms with Crippen LogP contribution in [0.3, 0.4) is 0 Å². The van der Waals surface area contributed by atoms with Crippen molar-refractivity contribution in [2.45, 2.75) is 38.2 Å². The van der Waals surface area contributed by atoms with Crippen molar-refractivity contribution in [3.05, 3.63) is 29.3 Å². The third-order valence-electron chi connectivity index (χ3n) is 4.33. The molecule has 1 aromatic heterocycles. The van der Waals surface area contributed by atoms with Crippen LogP contribution in [0.4, 0.5) is 5.95 Å². The Hall–Kier alpha value is -1.73. The van der Waals surface area contributed by atoms with Crippen molar-refractivity contribution in [2.24, 2.45) is 5.92 Å². The van der Waals surface area contributed by atoms with Crippen LogP contribution in [0.1, 0.15) is 25.0 Å². The van der Waals surface area contributed by atoms with E-state index in [4.69, 9.17) is 9.47 Å². The fourth-order valence-electron chi connectivity index (χ4n) is 3.07. The highest BCUT2D eigenvalue weighted by Gasteiger charge is 2.21. The minimum absolute atomic E-state index is 0.527. The Labute approximate surface area is 159 Å². The molecule has 2 aromatic rings. The van der Waals surface area contributed by atoms with E-state index in [0.717, 1.165) is 55.5 Å². The molecule has 0 saturated carbocycles. The molecule has 3 rings (SSSR count). The van der Waals surface area contributed by atoms with Crippen LogP contribution in [0.2, 0.25) is 0 Å². The smallest absolute Gasteiger partial charge is 0.228 e. The quantitative estimate of drug-likeness (QED) is 0.691. The maximum absolute atomic E-state index is 5.51. The molecule has 1 fully saturated rings. The SMILES string of the molecule is COc1ccc(C)cc1CSc1nnc(N2CCOCC2)n1CC(C)C. The van der Waals surface area contributed by atoms with Gasteiger partial charge in [-0.25, -0.2) is 0 Å². The largest absolute Gasteiger partial charge is 0.496 e. The lowest BCUT2D eigenvalue weighted by atomic mass is 10.1. The van der Waals surface area contributed by atoms with Crippen LogP contribution in [-0.2, 0) is 17.0 Å².